The monoisotopic (exact) mass is 168 g/mol. The van der Waals surface area contributed by atoms with Gasteiger partial charge in [0.2, 0.25) is 0 Å². The fraction of sp³-hybridized carbons (Fsp3) is 0.833. The van der Waals surface area contributed by atoms with Gasteiger partial charge >= 0.3 is 0 Å². The largest absolute Gasteiger partial charge is 0.0859 e. The van der Waals surface area contributed by atoms with Gasteiger partial charge in [-0.25, -0.2) is 0 Å². The van der Waals surface area contributed by atoms with Gasteiger partial charge in [-0.1, -0.05) is 44.8 Å². The standard InChI is InChI=1S/C12H24/c1-5-6-9-12(4)10-7-8-11(2)3/h8,12H,5-7,9-10H2,1-4H3. The van der Waals surface area contributed by atoms with Gasteiger partial charge in [0.1, 0.15) is 0 Å². The first-order chi connectivity index (χ1) is 5.66. The van der Waals surface area contributed by atoms with Crippen molar-refractivity contribution in [1.29, 1.82) is 0 Å². The summed E-state index contributed by atoms with van der Waals surface area (Å²) in [6.45, 7) is 8.99. The van der Waals surface area contributed by atoms with E-state index in [9.17, 15) is 0 Å². The highest BCUT2D eigenvalue weighted by molar-refractivity contribution is 4.92. The van der Waals surface area contributed by atoms with Crippen LogP contribution in [0.3, 0.4) is 0 Å². The topological polar surface area (TPSA) is 0 Å². The first-order valence-corrected chi connectivity index (χ1v) is 5.30. The molecule has 0 aromatic carbocycles. The Balaban J connectivity index is 3.31. The van der Waals surface area contributed by atoms with Crippen LogP contribution in [0, 0.1) is 5.92 Å². The maximum atomic E-state index is 2.37. The molecular weight excluding hydrogens is 144 g/mol. The summed E-state index contributed by atoms with van der Waals surface area (Å²) in [5, 5.41) is 0. The van der Waals surface area contributed by atoms with E-state index < -0.39 is 0 Å². The molecule has 0 aromatic rings. The minimum Gasteiger partial charge on any atom is -0.0859 e. The van der Waals surface area contributed by atoms with Crippen molar-refractivity contribution in [2.45, 2.75) is 59.8 Å². The number of hydrogen-bond acceptors (Lipinski definition) is 0. The molecular formula is C12H24. The molecule has 0 saturated heterocycles. The summed E-state index contributed by atoms with van der Waals surface area (Å²) in [5.41, 5.74) is 1.46. The average Bonchev–Trinajstić information content (AvgIpc) is 2.00. The second-order valence-corrected chi connectivity index (χ2v) is 4.11. The molecule has 0 bridgehead atoms. The van der Waals surface area contributed by atoms with E-state index in [0.717, 1.165) is 5.92 Å². The quantitative estimate of drug-likeness (QED) is 0.510. The van der Waals surface area contributed by atoms with Crippen LogP contribution in [-0.2, 0) is 0 Å². The second-order valence-electron chi connectivity index (χ2n) is 4.11. The summed E-state index contributed by atoms with van der Waals surface area (Å²) in [6, 6.07) is 0. The molecule has 0 aliphatic rings. The van der Waals surface area contributed by atoms with Gasteiger partial charge in [-0.2, -0.15) is 0 Å². The molecule has 0 heterocycles. The van der Waals surface area contributed by atoms with Crippen LogP contribution in [0.2, 0.25) is 0 Å². The van der Waals surface area contributed by atoms with Gasteiger partial charge < -0.3 is 0 Å². The van der Waals surface area contributed by atoms with Crippen LogP contribution in [0.25, 0.3) is 0 Å². The maximum absolute atomic E-state index is 2.37. The summed E-state index contributed by atoms with van der Waals surface area (Å²) >= 11 is 0. The zero-order chi connectivity index (χ0) is 9.40. The lowest BCUT2D eigenvalue weighted by Crippen LogP contribution is -1.93. The number of unbranched alkanes of at least 4 members (excludes halogenated alkanes) is 1. The van der Waals surface area contributed by atoms with Crippen LogP contribution in [0.5, 0.6) is 0 Å². The number of allylic oxidation sites excluding steroid dienone is 2. The minimum atomic E-state index is 0.917. The normalized spacial score (nSPS) is 12.7. The molecule has 1 atom stereocenters. The van der Waals surface area contributed by atoms with Crippen molar-refractivity contribution in [3.05, 3.63) is 11.6 Å². The first kappa shape index (κ1) is 11.7. The average molecular weight is 168 g/mol. The van der Waals surface area contributed by atoms with Crippen molar-refractivity contribution < 1.29 is 0 Å². The van der Waals surface area contributed by atoms with Gasteiger partial charge in [0, 0.05) is 0 Å². The Kier molecular flexibility index (Phi) is 7.23. The van der Waals surface area contributed by atoms with E-state index in [-0.39, 0.29) is 0 Å². The molecule has 0 aromatic heterocycles. The molecule has 0 spiro atoms. The molecule has 0 radical (unpaired) electrons. The summed E-state index contributed by atoms with van der Waals surface area (Å²) < 4.78 is 0. The first-order valence-electron chi connectivity index (χ1n) is 5.30. The Morgan fingerprint density at radius 1 is 1.25 bits per heavy atom. The molecule has 0 nitrogen and oxygen atoms in total. The molecule has 0 aliphatic heterocycles. The molecule has 72 valence electrons. The van der Waals surface area contributed by atoms with Crippen molar-refractivity contribution in [3.8, 4) is 0 Å². The van der Waals surface area contributed by atoms with Crippen LogP contribution in [0.1, 0.15) is 59.8 Å². The van der Waals surface area contributed by atoms with Crippen LogP contribution in [0.15, 0.2) is 11.6 Å². The third-order valence-electron chi connectivity index (χ3n) is 2.26. The summed E-state index contributed by atoms with van der Waals surface area (Å²) in [4.78, 5) is 0. The Morgan fingerprint density at radius 3 is 2.42 bits per heavy atom. The Hall–Kier alpha value is -0.260. The second kappa shape index (κ2) is 7.39. The lowest BCUT2D eigenvalue weighted by molar-refractivity contribution is 0.475. The molecule has 0 aliphatic carbocycles. The van der Waals surface area contributed by atoms with Gasteiger partial charge in [-0.05, 0) is 32.6 Å². The minimum absolute atomic E-state index is 0.917. The molecule has 0 rings (SSSR count). The third-order valence-corrected chi connectivity index (χ3v) is 2.26. The van der Waals surface area contributed by atoms with E-state index >= 15 is 0 Å². The summed E-state index contributed by atoms with van der Waals surface area (Å²) in [6.07, 6.45) is 9.14. The van der Waals surface area contributed by atoms with Crippen molar-refractivity contribution in [3.63, 3.8) is 0 Å². The lowest BCUT2D eigenvalue weighted by atomic mass is 9.98. The zero-order valence-corrected chi connectivity index (χ0v) is 9.19. The van der Waals surface area contributed by atoms with Gasteiger partial charge in [-0.3, -0.25) is 0 Å². The third kappa shape index (κ3) is 7.84. The molecule has 0 fully saturated rings. The Labute approximate surface area is 78.1 Å². The van der Waals surface area contributed by atoms with E-state index in [4.69, 9.17) is 0 Å². The molecule has 0 N–H and O–H groups in total. The summed E-state index contributed by atoms with van der Waals surface area (Å²) in [7, 11) is 0. The highest BCUT2D eigenvalue weighted by atomic mass is 14.0. The van der Waals surface area contributed by atoms with E-state index in [1.165, 1.54) is 37.7 Å². The molecule has 0 amide bonds. The predicted molar refractivity (Wildman–Crippen MR) is 57.4 cm³/mol. The van der Waals surface area contributed by atoms with Crippen molar-refractivity contribution in [2.75, 3.05) is 0 Å². The lowest BCUT2D eigenvalue weighted by Gasteiger charge is -2.08. The van der Waals surface area contributed by atoms with Crippen LogP contribution < -0.4 is 0 Å². The van der Waals surface area contributed by atoms with Gasteiger partial charge in [0.05, 0.1) is 0 Å². The van der Waals surface area contributed by atoms with E-state index in [1.54, 1.807) is 0 Å². The maximum Gasteiger partial charge on any atom is -0.0346 e. The Morgan fingerprint density at radius 2 is 1.92 bits per heavy atom. The van der Waals surface area contributed by atoms with E-state index in [1.807, 2.05) is 0 Å². The van der Waals surface area contributed by atoms with Crippen LogP contribution in [-0.4, -0.2) is 0 Å². The van der Waals surface area contributed by atoms with Gasteiger partial charge in [-0.15, -0.1) is 0 Å². The van der Waals surface area contributed by atoms with Crippen molar-refractivity contribution in [2.24, 2.45) is 5.92 Å². The number of rotatable bonds is 6. The van der Waals surface area contributed by atoms with Gasteiger partial charge in [0.15, 0.2) is 0 Å². The van der Waals surface area contributed by atoms with Gasteiger partial charge in [0.25, 0.3) is 0 Å². The van der Waals surface area contributed by atoms with E-state index in [0.29, 0.717) is 0 Å². The predicted octanol–water partition coefficient (Wildman–Crippen LogP) is 4.56. The molecule has 0 heteroatoms. The molecule has 1 unspecified atom stereocenters. The fourth-order valence-electron chi connectivity index (χ4n) is 1.35. The number of hydrogen-bond donors (Lipinski definition) is 0. The molecule has 12 heavy (non-hydrogen) atoms. The van der Waals surface area contributed by atoms with Crippen LogP contribution in [0.4, 0.5) is 0 Å². The van der Waals surface area contributed by atoms with Crippen molar-refractivity contribution >= 4 is 0 Å². The Bertz CT molecular complexity index is 118. The highest BCUT2D eigenvalue weighted by Gasteiger charge is 1.98. The molecule has 0 saturated carbocycles. The summed E-state index contributed by atoms with van der Waals surface area (Å²) in [5.74, 6) is 0.917. The van der Waals surface area contributed by atoms with Crippen LogP contribution >= 0.6 is 0 Å². The van der Waals surface area contributed by atoms with E-state index in [2.05, 4.69) is 33.8 Å². The zero-order valence-electron chi connectivity index (χ0n) is 9.19. The smallest absolute Gasteiger partial charge is 0.0346 e. The SMILES string of the molecule is CCCCC(C)CCC=C(C)C. The fourth-order valence-corrected chi connectivity index (χ4v) is 1.35. The van der Waals surface area contributed by atoms with Crippen molar-refractivity contribution in [1.82, 2.24) is 0 Å². The highest BCUT2D eigenvalue weighted by Crippen LogP contribution is 2.14.